The largest absolute Gasteiger partial charge is 0.0883 e. The Morgan fingerprint density at radius 2 is 2.43 bits per heavy atom. The lowest BCUT2D eigenvalue weighted by Crippen LogP contribution is -1.93. The molecule has 0 bridgehead atoms. The van der Waals surface area contributed by atoms with Crippen molar-refractivity contribution < 1.29 is 0 Å². The minimum absolute atomic E-state index is 0.605. The molecule has 1 aliphatic rings. The predicted molar refractivity (Wildman–Crippen MR) is 31.8 cm³/mol. The van der Waals surface area contributed by atoms with Crippen molar-refractivity contribution in [1.82, 2.24) is 0 Å². The summed E-state index contributed by atoms with van der Waals surface area (Å²) < 4.78 is 0. The van der Waals surface area contributed by atoms with Gasteiger partial charge in [-0.3, -0.25) is 0 Å². The summed E-state index contributed by atoms with van der Waals surface area (Å²) in [6.07, 6.45) is 8.32. The van der Waals surface area contributed by atoms with Gasteiger partial charge in [0.25, 0.3) is 0 Å². The third-order valence-electron chi connectivity index (χ3n) is 1.35. The van der Waals surface area contributed by atoms with Crippen LogP contribution in [0.2, 0.25) is 0 Å². The second-order valence-corrected chi connectivity index (χ2v) is 2.12. The standard InChI is InChI=1S/C7H11/c1-7-5-3-2-4-6-7/h3,5,7H,1-2,4,6H2/t7-/m1/s1. The minimum atomic E-state index is 0.605. The summed E-state index contributed by atoms with van der Waals surface area (Å²) in [5.74, 6) is 0.605. The maximum atomic E-state index is 3.91. The van der Waals surface area contributed by atoms with Gasteiger partial charge in [-0.05, 0) is 32.1 Å². The van der Waals surface area contributed by atoms with Gasteiger partial charge in [-0.2, -0.15) is 0 Å². The van der Waals surface area contributed by atoms with E-state index < -0.39 is 0 Å². The summed E-state index contributed by atoms with van der Waals surface area (Å²) in [6.45, 7) is 3.91. The summed E-state index contributed by atoms with van der Waals surface area (Å²) >= 11 is 0. The van der Waals surface area contributed by atoms with Crippen LogP contribution in [0.5, 0.6) is 0 Å². The molecule has 0 aromatic rings. The van der Waals surface area contributed by atoms with Gasteiger partial charge >= 0.3 is 0 Å². The van der Waals surface area contributed by atoms with Crippen molar-refractivity contribution in [3.05, 3.63) is 19.1 Å². The zero-order chi connectivity index (χ0) is 5.11. The van der Waals surface area contributed by atoms with Crippen LogP contribution in [0.3, 0.4) is 0 Å². The summed E-state index contributed by atoms with van der Waals surface area (Å²) in [5, 5.41) is 0. The molecule has 7 heavy (non-hydrogen) atoms. The molecule has 0 spiro atoms. The number of allylic oxidation sites excluding steroid dienone is 2. The quantitative estimate of drug-likeness (QED) is 0.404. The first-order chi connectivity index (χ1) is 3.39. The van der Waals surface area contributed by atoms with Crippen LogP contribution < -0.4 is 0 Å². The predicted octanol–water partition coefficient (Wildman–Crippen LogP) is 2.18. The highest BCUT2D eigenvalue weighted by molar-refractivity contribution is 4.93. The van der Waals surface area contributed by atoms with E-state index in [0.29, 0.717) is 5.92 Å². The van der Waals surface area contributed by atoms with E-state index in [2.05, 4.69) is 19.1 Å². The molecule has 0 aromatic carbocycles. The van der Waals surface area contributed by atoms with E-state index in [1.54, 1.807) is 0 Å². The van der Waals surface area contributed by atoms with Gasteiger partial charge in [0, 0.05) is 0 Å². The van der Waals surface area contributed by atoms with Gasteiger partial charge < -0.3 is 0 Å². The maximum Gasteiger partial charge on any atom is -0.0233 e. The number of hydrogen-bond acceptors (Lipinski definition) is 0. The lowest BCUT2D eigenvalue weighted by molar-refractivity contribution is 0.628. The average Bonchev–Trinajstić information content (AvgIpc) is 1.69. The van der Waals surface area contributed by atoms with E-state index in [9.17, 15) is 0 Å². The van der Waals surface area contributed by atoms with Gasteiger partial charge in [0.1, 0.15) is 0 Å². The topological polar surface area (TPSA) is 0 Å². The molecule has 0 heterocycles. The zero-order valence-electron chi connectivity index (χ0n) is 4.56. The second-order valence-electron chi connectivity index (χ2n) is 2.12. The molecule has 0 saturated heterocycles. The Hall–Kier alpha value is -0.260. The first-order valence-electron chi connectivity index (χ1n) is 2.89. The summed E-state index contributed by atoms with van der Waals surface area (Å²) in [6, 6.07) is 0. The smallest absolute Gasteiger partial charge is 0.0233 e. The molecule has 0 amide bonds. The molecule has 0 nitrogen and oxygen atoms in total. The van der Waals surface area contributed by atoms with Gasteiger partial charge in [0.15, 0.2) is 0 Å². The van der Waals surface area contributed by atoms with Crippen LogP contribution in [0.1, 0.15) is 19.3 Å². The molecule has 0 fully saturated rings. The molecule has 0 aliphatic heterocycles. The Morgan fingerprint density at radius 3 is 2.71 bits per heavy atom. The molecule has 1 radical (unpaired) electrons. The third kappa shape index (κ3) is 1.34. The fourth-order valence-corrected chi connectivity index (χ4v) is 0.883. The van der Waals surface area contributed by atoms with Crippen LogP contribution in [0.15, 0.2) is 12.2 Å². The molecular weight excluding hydrogens is 84.1 g/mol. The molecule has 1 aliphatic carbocycles. The van der Waals surface area contributed by atoms with Crippen molar-refractivity contribution in [3.8, 4) is 0 Å². The highest BCUT2D eigenvalue weighted by Crippen LogP contribution is 2.14. The molecule has 1 atom stereocenters. The van der Waals surface area contributed by atoms with E-state index in [0.717, 1.165) is 0 Å². The Morgan fingerprint density at radius 1 is 1.57 bits per heavy atom. The van der Waals surface area contributed by atoms with Crippen molar-refractivity contribution in [3.63, 3.8) is 0 Å². The molecule has 39 valence electrons. The lowest BCUT2D eigenvalue weighted by atomic mass is 9.98. The van der Waals surface area contributed by atoms with Crippen molar-refractivity contribution in [2.75, 3.05) is 0 Å². The molecule has 0 N–H and O–H groups in total. The normalized spacial score (nSPS) is 30.7. The van der Waals surface area contributed by atoms with Crippen LogP contribution in [0.25, 0.3) is 0 Å². The Kier molecular flexibility index (Phi) is 1.50. The van der Waals surface area contributed by atoms with E-state index >= 15 is 0 Å². The van der Waals surface area contributed by atoms with Crippen LogP contribution in [0, 0.1) is 12.8 Å². The Bertz CT molecular complexity index is 72.1. The molecule has 1 rings (SSSR count). The minimum Gasteiger partial charge on any atom is -0.0883 e. The first kappa shape index (κ1) is 4.89. The van der Waals surface area contributed by atoms with Crippen molar-refractivity contribution >= 4 is 0 Å². The fourth-order valence-electron chi connectivity index (χ4n) is 0.883. The van der Waals surface area contributed by atoms with Gasteiger partial charge in [-0.25, -0.2) is 0 Å². The lowest BCUT2D eigenvalue weighted by Gasteiger charge is -2.08. The van der Waals surface area contributed by atoms with Crippen LogP contribution in [-0.4, -0.2) is 0 Å². The van der Waals surface area contributed by atoms with Gasteiger partial charge in [0.05, 0.1) is 0 Å². The van der Waals surface area contributed by atoms with E-state index in [1.165, 1.54) is 19.3 Å². The van der Waals surface area contributed by atoms with Crippen molar-refractivity contribution in [2.45, 2.75) is 19.3 Å². The SMILES string of the molecule is [CH2][C@@H]1C=CCCC1. The maximum absolute atomic E-state index is 3.91. The molecule has 0 aromatic heterocycles. The summed E-state index contributed by atoms with van der Waals surface area (Å²) in [4.78, 5) is 0. The van der Waals surface area contributed by atoms with Crippen LogP contribution >= 0.6 is 0 Å². The van der Waals surface area contributed by atoms with Gasteiger partial charge in [-0.1, -0.05) is 12.2 Å². The molecular formula is C7H11. The Labute approximate surface area is 45.2 Å². The van der Waals surface area contributed by atoms with Crippen molar-refractivity contribution in [1.29, 1.82) is 0 Å². The summed E-state index contributed by atoms with van der Waals surface area (Å²) in [7, 11) is 0. The third-order valence-corrected chi connectivity index (χ3v) is 1.35. The van der Waals surface area contributed by atoms with Crippen LogP contribution in [0.4, 0.5) is 0 Å². The first-order valence-corrected chi connectivity index (χ1v) is 2.89. The summed E-state index contributed by atoms with van der Waals surface area (Å²) in [5.41, 5.74) is 0. The monoisotopic (exact) mass is 95.1 g/mol. The highest BCUT2D eigenvalue weighted by Gasteiger charge is 1.99. The van der Waals surface area contributed by atoms with Crippen molar-refractivity contribution in [2.24, 2.45) is 5.92 Å². The van der Waals surface area contributed by atoms with E-state index in [-0.39, 0.29) is 0 Å². The number of hydrogen-bond donors (Lipinski definition) is 0. The molecule has 0 unspecified atom stereocenters. The highest BCUT2D eigenvalue weighted by atomic mass is 14.0. The van der Waals surface area contributed by atoms with Crippen LogP contribution in [-0.2, 0) is 0 Å². The molecule has 0 saturated carbocycles. The second kappa shape index (κ2) is 2.15. The fraction of sp³-hybridized carbons (Fsp3) is 0.571. The van der Waals surface area contributed by atoms with Gasteiger partial charge in [-0.15, -0.1) is 0 Å². The number of rotatable bonds is 0. The van der Waals surface area contributed by atoms with E-state index in [1.807, 2.05) is 0 Å². The van der Waals surface area contributed by atoms with E-state index in [4.69, 9.17) is 0 Å². The van der Waals surface area contributed by atoms with Gasteiger partial charge in [0.2, 0.25) is 0 Å². The molecule has 0 heteroatoms. The zero-order valence-corrected chi connectivity index (χ0v) is 4.56. The Balaban J connectivity index is 2.36. The average molecular weight is 95.2 g/mol.